The van der Waals surface area contributed by atoms with Gasteiger partial charge in [-0.05, 0) is 18.3 Å². The van der Waals surface area contributed by atoms with Crippen molar-refractivity contribution in [2.45, 2.75) is 78.1 Å². The zero-order chi connectivity index (χ0) is 13.2. The molecule has 0 heterocycles. The first kappa shape index (κ1) is 15.5. The first-order chi connectivity index (χ1) is 8.68. The molecule has 106 valence electrons. The van der Waals surface area contributed by atoms with Crippen molar-refractivity contribution in [3.63, 3.8) is 0 Å². The quantitative estimate of drug-likeness (QED) is 0.463. The summed E-state index contributed by atoms with van der Waals surface area (Å²) in [5.41, 5.74) is 0. The van der Waals surface area contributed by atoms with E-state index in [1.165, 1.54) is 51.4 Å². The molecule has 0 aromatic heterocycles. The SMILES string of the molecule is CC(C)COC(=O)CCCCCC1CCCCC1. The molecule has 2 heteroatoms. The second-order valence-corrected chi connectivity index (χ2v) is 6.18. The molecule has 2 nitrogen and oxygen atoms in total. The lowest BCUT2D eigenvalue weighted by Gasteiger charge is -2.21. The summed E-state index contributed by atoms with van der Waals surface area (Å²) in [5, 5.41) is 0. The van der Waals surface area contributed by atoms with Gasteiger partial charge in [-0.25, -0.2) is 0 Å². The van der Waals surface area contributed by atoms with Crippen molar-refractivity contribution in [2.75, 3.05) is 6.61 Å². The first-order valence-corrected chi connectivity index (χ1v) is 7.84. The molecule has 0 amide bonds. The molecular weight excluding hydrogens is 224 g/mol. The van der Waals surface area contributed by atoms with Crippen LogP contribution in [0.5, 0.6) is 0 Å². The van der Waals surface area contributed by atoms with E-state index in [-0.39, 0.29) is 5.97 Å². The molecule has 1 aliphatic carbocycles. The molecule has 0 unspecified atom stereocenters. The Bertz CT molecular complexity index is 217. The third kappa shape index (κ3) is 7.73. The predicted octanol–water partition coefficient (Wildman–Crippen LogP) is 4.72. The molecule has 0 saturated heterocycles. The fraction of sp³-hybridized carbons (Fsp3) is 0.938. The summed E-state index contributed by atoms with van der Waals surface area (Å²) in [6, 6.07) is 0. The van der Waals surface area contributed by atoms with E-state index < -0.39 is 0 Å². The molecule has 1 rings (SSSR count). The second-order valence-electron chi connectivity index (χ2n) is 6.18. The lowest BCUT2D eigenvalue weighted by molar-refractivity contribution is -0.144. The van der Waals surface area contributed by atoms with Crippen molar-refractivity contribution >= 4 is 5.97 Å². The highest BCUT2D eigenvalue weighted by Crippen LogP contribution is 2.27. The minimum absolute atomic E-state index is 0.0126. The Hall–Kier alpha value is -0.530. The standard InChI is InChI=1S/C16H30O2/c1-14(2)13-18-16(17)12-8-4-7-11-15-9-5-3-6-10-15/h14-15H,3-13H2,1-2H3. The smallest absolute Gasteiger partial charge is 0.305 e. The van der Waals surface area contributed by atoms with Gasteiger partial charge in [0.2, 0.25) is 0 Å². The van der Waals surface area contributed by atoms with Crippen molar-refractivity contribution in [3.8, 4) is 0 Å². The minimum Gasteiger partial charge on any atom is -0.465 e. The molecule has 0 N–H and O–H groups in total. The summed E-state index contributed by atoms with van der Waals surface area (Å²) in [7, 11) is 0. The molecule has 0 aromatic carbocycles. The van der Waals surface area contributed by atoms with E-state index in [0.29, 0.717) is 18.9 Å². The van der Waals surface area contributed by atoms with Crippen LogP contribution in [0.15, 0.2) is 0 Å². The monoisotopic (exact) mass is 254 g/mol. The van der Waals surface area contributed by atoms with Gasteiger partial charge in [0.05, 0.1) is 6.61 Å². The largest absolute Gasteiger partial charge is 0.465 e. The number of hydrogen-bond donors (Lipinski definition) is 0. The molecule has 0 bridgehead atoms. The molecule has 0 spiro atoms. The maximum absolute atomic E-state index is 11.4. The maximum Gasteiger partial charge on any atom is 0.305 e. The van der Waals surface area contributed by atoms with Crippen molar-refractivity contribution in [2.24, 2.45) is 11.8 Å². The van der Waals surface area contributed by atoms with E-state index >= 15 is 0 Å². The fourth-order valence-electron chi connectivity index (χ4n) is 2.69. The molecule has 0 radical (unpaired) electrons. The van der Waals surface area contributed by atoms with Crippen molar-refractivity contribution < 1.29 is 9.53 Å². The molecule has 0 aromatic rings. The van der Waals surface area contributed by atoms with Gasteiger partial charge in [0, 0.05) is 6.42 Å². The lowest BCUT2D eigenvalue weighted by Crippen LogP contribution is -2.09. The number of esters is 1. The molecule has 1 saturated carbocycles. The van der Waals surface area contributed by atoms with E-state index in [4.69, 9.17) is 4.74 Å². The third-order valence-electron chi connectivity index (χ3n) is 3.80. The number of ether oxygens (including phenoxy) is 1. The van der Waals surface area contributed by atoms with Gasteiger partial charge in [-0.3, -0.25) is 4.79 Å². The minimum atomic E-state index is -0.0126. The molecule has 1 aliphatic rings. The van der Waals surface area contributed by atoms with Gasteiger partial charge >= 0.3 is 5.97 Å². The van der Waals surface area contributed by atoms with Gasteiger partial charge in [0.25, 0.3) is 0 Å². The molecule has 0 atom stereocenters. The number of unbranched alkanes of at least 4 members (excludes halogenated alkanes) is 2. The van der Waals surface area contributed by atoms with E-state index in [1.807, 2.05) is 0 Å². The fourth-order valence-corrected chi connectivity index (χ4v) is 2.69. The van der Waals surface area contributed by atoms with Gasteiger partial charge < -0.3 is 4.74 Å². The van der Waals surface area contributed by atoms with Crippen molar-refractivity contribution in [3.05, 3.63) is 0 Å². The Kier molecular flexibility index (Phi) is 8.11. The number of rotatable bonds is 8. The molecule has 1 fully saturated rings. The Balaban J connectivity index is 1.89. The van der Waals surface area contributed by atoms with Crippen LogP contribution in [0.25, 0.3) is 0 Å². The van der Waals surface area contributed by atoms with Gasteiger partial charge in [-0.2, -0.15) is 0 Å². The molecule has 18 heavy (non-hydrogen) atoms. The Morgan fingerprint density at radius 1 is 1.11 bits per heavy atom. The van der Waals surface area contributed by atoms with Gasteiger partial charge in [-0.15, -0.1) is 0 Å². The van der Waals surface area contributed by atoms with E-state index in [0.717, 1.165) is 12.3 Å². The summed E-state index contributed by atoms with van der Waals surface area (Å²) in [4.78, 5) is 11.4. The maximum atomic E-state index is 11.4. The normalized spacial score (nSPS) is 17.1. The second kappa shape index (κ2) is 9.41. The number of carbonyl (C=O) groups is 1. The summed E-state index contributed by atoms with van der Waals surface area (Å²) in [6.45, 7) is 4.70. The van der Waals surface area contributed by atoms with E-state index in [1.54, 1.807) is 0 Å². The van der Waals surface area contributed by atoms with Crippen LogP contribution in [0.4, 0.5) is 0 Å². The van der Waals surface area contributed by atoms with Gasteiger partial charge in [-0.1, -0.05) is 65.2 Å². The zero-order valence-electron chi connectivity index (χ0n) is 12.2. The topological polar surface area (TPSA) is 26.3 Å². The summed E-state index contributed by atoms with van der Waals surface area (Å²) in [6.07, 6.45) is 12.7. The predicted molar refractivity (Wildman–Crippen MR) is 75.5 cm³/mol. The van der Waals surface area contributed by atoms with Crippen LogP contribution in [0, 0.1) is 11.8 Å². The van der Waals surface area contributed by atoms with Gasteiger partial charge in [0.15, 0.2) is 0 Å². The average Bonchev–Trinajstić information content (AvgIpc) is 2.37. The highest BCUT2D eigenvalue weighted by atomic mass is 16.5. The van der Waals surface area contributed by atoms with Crippen LogP contribution in [0.1, 0.15) is 78.1 Å². The van der Waals surface area contributed by atoms with Gasteiger partial charge in [0.1, 0.15) is 0 Å². The van der Waals surface area contributed by atoms with E-state index in [2.05, 4.69) is 13.8 Å². The van der Waals surface area contributed by atoms with Crippen LogP contribution in [-0.4, -0.2) is 12.6 Å². The van der Waals surface area contributed by atoms with Crippen LogP contribution in [-0.2, 0) is 9.53 Å². The summed E-state index contributed by atoms with van der Waals surface area (Å²) < 4.78 is 5.16. The van der Waals surface area contributed by atoms with Crippen molar-refractivity contribution in [1.29, 1.82) is 0 Å². The molecule has 0 aliphatic heterocycles. The summed E-state index contributed by atoms with van der Waals surface area (Å²) >= 11 is 0. The van der Waals surface area contributed by atoms with Crippen LogP contribution < -0.4 is 0 Å². The van der Waals surface area contributed by atoms with Crippen LogP contribution >= 0.6 is 0 Å². The number of carbonyl (C=O) groups excluding carboxylic acids is 1. The Morgan fingerprint density at radius 2 is 1.83 bits per heavy atom. The third-order valence-corrected chi connectivity index (χ3v) is 3.80. The first-order valence-electron chi connectivity index (χ1n) is 7.84. The lowest BCUT2D eigenvalue weighted by atomic mass is 9.85. The highest BCUT2D eigenvalue weighted by molar-refractivity contribution is 5.69. The highest BCUT2D eigenvalue weighted by Gasteiger charge is 2.12. The molecular formula is C16H30O2. The van der Waals surface area contributed by atoms with E-state index in [9.17, 15) is 4.79 Å². The van der Waals surface area contributed by atoms with Crippen LogP contribution in [0.2, 0.25) is 0 Å². The average molecular weight is 254 g/mol. The Morgan fingerprint density at radius 3 is 2.50 bits per heavy atom. The van der Waals surface area contributed by atoms with Crippen LogP contribution in [0.3, 0.4) is 0 Å². The zero-order valence-corrected chi connectivity index (χ0v) is 12.2. The van der Waals surface area contributed by atoms with Crippen molar-refractivity contribution in [1.82, 2.24) is 0 Å². The summed E-state index contributed by atoms with van der Waals surface area (Å²) in [5.74, 6) is 1.41. The number of hydrogen-bond acceptors (Lipinski definition) is 2. The Labute approximate surface area is 112 Å².